The fraction of sp³-hybridized carbons (Fsp3) is 0.889. The van der Waals surface area contributed by atoms with E-state index in [1.54, 1.807) is 4.90 Å². The van der Waals surface area contributed by atoms with Crippen molar-refractivity contribution in [1.82, 2.24) is 4.90 Å². The van der Waals surface area contributed by atoms with Crippen LogP contribution in [0.25, 0.3) is 0 Å². The summed E-state index contributed by atoms with van der Waals surface area (Å²) in [5.74, 6) is 0.124. The first-order valence-corrected chi connectivity index (χ1v) is 5.67. The number of halogens is 1. The van der Waals surface area contributed by atoms with Crippen molar-refractivity contribution in [3.8, 4) is 0 Å². The van der Waals surface area contributed by atoms with Crippen LogP contribution in [0.2, 0.25) is 0 Å². The third kappa shape index (κ3) is 2.95. The van der Waals surface area contributed by atoms with Crippen molar-refractivity contribution >= 4 is 21.8 Å². The van der Waals surface area contributed by atoms with Crippen LogP contribution in [0.1, 0.15) is 26.2 Å². The number of nitrogens with zero attached hydrogens (tertiary/aromatic N) is 1. The molecule has 0 aliphatic carbocycles. The fourth-order valence-corrected chi connectivity index (χ4v) is 2.07. The second kappa shape index (κ2) is 4.96. The monoisotopic (exact) mass is 249 g/mol. The van der Waals surface area contributed by atoms with Gasteiger partial charge in [-0.05, 0) is 19.3 Å². The van der Waals surface area contributed by atoms with E-state index in [0.29, 0.717) is 13.0 Å². The Morgan fingerprint density at radius 3 is 3.08 bits per heavy atom. The van der Waals surface area contributed by atoms with Crippen LogP contribution in [-0.2, 0) is 4.79 Å². The summed E-state index contributed by atoms with van der Waals surface area (Å²) in [4.78, 5) is 13.3. The molecule has 0 aromatic carbocycles. The van der Waals surface area contributed by atoms with Crippen molar-refractivity contribution < 1.29 is 9.90 Å². The summed E-state index contributed by atoms with van der Waals surface area (Å²) in [7, 11) is 0. The predicted molar refractivity (Wildman–Crippen MR) is 54.8 cm³/mol. The zero-order valence-electron chi connectivity index (χ0n) is 7.87. The van der Waals surface area contributed by atoms with Gasteiger partial charge in [-0.2, -0.15) is 0 Å². The molecule has 1 aliphatic heterocycles. The molecule has 1 N–H and O–H groups in total. The Morgan fingerprint density at radius 2 is 2.46 bits per heavy atom. The van der Waals surface area contributed by atoms with E-state index in [9.17, 15) is 9.90 Å². The number of hydrogen-bond acceptors (Lipinski definition) is 2. The zero-order chi connectivity index (χ0) is 9.84. The molecule has 0 bridgehead atoms. The number of aliphatic hydroxyl groups excluding tert-OH is 1. The van der Waals surface area contributed by atoms with Crippen LogP contribution in [0.5, 0.6) is 0 Å². The minimum absolute atomic E-state index is 0.0368. The lowest BCUT2D eigenvalue weighted by Crippen LogP contribution is -2.45. The topological polar surface area (TPSA) is 40.5 Å². The van der Waals surface area contributed by atoms with Crippen molar-refractivity contribution in [2.75, 3.05) is 13.1 Å². The Kier molecular flexibility index (Phi) is 4.19. The third-order valence-corrected chi connectivity index (χ3v) is 3.22. The van der Waals surface area contributed by atoms with Crippen LogP contribution >= 0.6 is 15.9 Å². The first-order valence-electron chi connectivity index (χ1n) is 4.76. The average molecular weight is 250 g/mol. The number of piperidine rings is 1. The van der Waals surface area contributed by atoms with Gasteiger partial charge in [0.05, 0.1) is 10.9 Å². The van der Waals surface area contributed by atoms with E-state index in [1.165, 1.54) is 0 Å². The van der Waals surface area contributed by atoms with Crippen molar-refractivity contribution in [1.29, 1.82) is 0 Å². The molecule has 1 aliphatic rings. The second-order valence-electron chi connectivity index (χ2n) is 3.46. The van der Waals surface area contributed by atoms with Crippen LogP contribution < -0.4 is 0 Å². The third-order valence-electron chi connectivity index (χ3n) is 2.37. The van der Waals surface area contributed by atoms with Gasteiger partial charge < -0.3 is 10.0 Å². The number of amides is 1. The SMILES string of the molecule is CCC(O)CN1CCCC(Br)C1=O. The first-order chi connectivity index (χ1) is 6.15. The minimum Gasteiger partial charge on any atom is -0.391 e. The van der Waals surface area contributed by atoms with Crippen molar-refractivity contribution in [3.05, 3.63) is 0 Å². The Bertz CT molecular complexity index is 186. The molecule has 2 unspecified atom stereocenters. The summed E-state index contributed by atoms with van der Waals surface area (Å²) >= 11 is 3.33. The highest BCUT2D eigenvalue weighted by atomic mass is 79.9. The molecule has 1 rings (SSSR count). The van der Waals surface area contributed by atoms with Gasteiger partial charge in [-0.3, -0.25) is 4.79 Å². The molecule has 2 atom stereocenters. The molecule has 4 heteroatoms. The van der Waals surface area contributed by atoms with Gasteiger partial charge >= 0.3 is 0 Å². The van der Waals surface area contributed by atoms with Gasteiger partial charge in [0.1, 0.15) is 0 Å². The number of alkyl halides is 1. The van der Waals surface area contributed by atoms with Gasteiger partial charge in [0.15, 0.2) is 0 Å². The Hall–Kier alpha value is -0.0900. The number of hydrogen-bond donors (Lipinski definition) is 1. The number of β-amino-alcohol motifs (C(OH)–C–C–N with tert-alkyl or cyclic N) is 1. The number of carbonyl (C=O) groups is 1. The lowest BCUT2D eigenvalue weighted by Gasteiger charge is -2.31. The maximum atomic E-state index is 11.5. The normalized spacial score (nSPS) is 26.2. The van der Waals surface area contributed by atoms with Crippen LogP contribution in [0.4, 0.5) is 0 Å². The van der Waals surface area contributed by atoms with E-state index in [0.717, 1.165) is 19.4 Å². The first kappa shape index (κ1) is 11.0. The Balaban J connectivity index is 2.44. The molecule has 0 spiro atoms. The number of aliphatic hydroxyl groups is 1. The van der Waals surface area contributed by atoms with E-state index in [2.05, 4.69) is 15.9 Å². The molecule has 0 aromatic heterocycles. The van der Waals surface area contributed by atoms with E-state index < -0.39 is 0 Å². The molecular weight excluding hydrogens is 234 g/mol. The number of rotatable bonds is 3. The van der Waals surface area contributed by atoms with Gasteiger partial charge in [0, 0.05) is 13.1 Å². The smallest absolute Gasteiger partial charge is 0.236 e. The Morgan fingerprint density at radius 1 is 1.77 bits per heavy atom. The van der Waals surface area contributed by atoms with E-state index in [4.69, 9.17) is 0 Å². The highest BCUT2D eigenvalue weighted by Crippen LogP contribution is 2.18. The van der Waals surface area contributed by atoms with Gasteiger partial charge in [0.25, 0.3) is 0 Å². The molecule has 0 aromatic rings. The maximum Gasteiger partial charge on any atom is 0.236 e. The predicted octanol–water partition coefficient (Wildman–Crippen LogP) is 1.14. The molecule has 1 fully saturated rings. The maximum absolute atomic E-state index is 11.5. The molecule has 76 valence electrons. The van der Waals surface area contributed by atoms with Crippen LogP contribution in [0, 0.1) is 0 Å². The molecule has 3 nitrogen and oxygen atoms in total. The zero-order valence-corrected chi connectivity index (χ0v) is 9.46. The lowest BCUT2D eigenvalue weighted by atomic mass is 10.1. The molecule has 13 heavy (non-hydrogen) atoms. The molecule has 0 saturated carbocycles. The van der Waals surface area contributed by atoms with Crippen LogP contribution in [0.3, 0.4) is 0 Å². The molecule has 1 saturated heterocycles. The van der Waals surface area contributed by atoms with Gasteiger partial charge in [-0.25, -0.2) is 0 Å². The van der Waals surface area contributed by atoms with Crippen molar-refractivity contribution in [2.24, 2.45) is 0 Å². The van der Waals surface area contributed by atoms with Gasteiger partial charge in [0.2, 0.25) is 5.91 Å². The summed E-state index contributed by atoms with van der Waals surface area (Å²) in [5.41, 5.74) is 0. The fourth-order valence-electron chi connectivity index (χ4n) is 1.46. The number of likely N-dealkylation sites (tertiary alicyclic amines) is 1. The molecule has 1 heterocycles. The van der Waals surface area contributed by atoms with E-state index in [1.807, 2.05) is 6.92 Å². The summed E-state index contributed by atoms with van der Waals surface area (Å²) < 4.78 is 0. The van der Waals surface area contributed by atoms with Gasteiger partial charge in [-0.15, -0.1) is 0 Å². The highest BCUT2D eigenvalue weighted by molar-refractivity contribution is 9.10. The summed E-state index contributed by atoms with van der Waals surface area (Å²) in [6.07, 6.45) is 2.27. The van der Waals surface area contributed by atoms with Crippen molar-refractivity contribution in [3.63, 3.8) is 0 Å². The summed E-state index contributed by atoms with van der Waals surface area (Å²) in [5, 5.41) is 9.41. The summed E-state index contributed by atoms with van der Waals surface area (Å²) in [6, 6.07) is 0. The Labute approximate surface area is 87.2 Å². The van der Waals surface area contributed by atoms with Crippen molar-refractivity contribution in [2.45, 2.75) is 37.1 Å². The quantitative estimate of drug-likeness (QED) is 0.763. The molecule has 1 amide bonds. The molecular formula is C9H16BrNO2. The summed E-state index contributed by atoms with van der Waals surface area (Å²) in [6.45, 7) is 3.19. The van der Waals surface area contributed by atoms with Gasteiger partial charge in [-0.1, -0.05) is 22.9 Å². The second-order valence-corrected chi connectivity index (χ2v) is 4.56. The van der Waals surface area contributed by atoms with E-state index in [-0.39, 0.29) is 16.8 Å². The van der Waals surface area contributed by atoms with E-state index >= 15 is 0 Å². The minimum atomic E-state index is -0.373. The standard InChI is InChI=1S/C9H16BrNO2/c1-2-7(12)6-11-5-3-4-8(10)9(11)13/h7-8,12H,2-6H2,1H3. The molecule has 0 radical (unpaired) electrons. The highest BCUT2D eigenvalue weighted by Gasteiger charge is 2.27. The average Bonchev–Trinajstić information content (AvgIpc) is 2.13. The van der Waals surface area contributed by atoms with Crippen LogP contribution in [-0.4, -0.2) is 39.9 Å². The largest absolute Gasteiger partial charge is 0.391 e. The lowest BCUT2D eigenvalue weighted by molar-refractivity contribution is -0.133. The number of carbonyl (C=O) groups excluding carboxylic acids is 1. The van der Waals surface area contributed by atoms with Crippen LogP contribution in [0.15, 0.2) is 0 Å².